The normalized spacial score (nSPS) is 13.2. The molecular formula is C30H45N3O3Si. The van der Waals surface area contributed by atoms with Crippen molar-refractivity contribution in [3.63, 3.8) is 0 Å². The van der Waals surface area contributed by atoms with Gasteiger partial charge in [0.1, 0.15) is 6.61 Å². The molecule has 0 aliphatic heterocycles. The van der Waals surface area contributed by atoms with Crippen LogP contribution in [0.1, 0.15) is 75.1 Å². The highest BCUT2D eigenvalue weighted by atomic mass is 28.4. The number of ether oxygens (including phenoxy) is 1. The summed E-state index contributed by atoms with van der Waals surface area (Å²) in [7, 11) is -1.89. The van der Waals surface area contributed by atoms with Crippen LogP contribution in [0.4, 0.5) is 0 Å². The third kappa shape index (κ3) is 9.89. The summed E-state index contributed by atoms with van der Waals surface area (Å²) in [6.45, 7) is 17.0. The third-order valence-electron chi connectivity index (χ3n) is 7.26. The quantitative estimate of drug-likeness (QED) is 0.149. The van der Waals surface area contributed by atoms with Crippen molar-refractivity contribution in [2.24, 2.45) is 5.11 Å². The van der Waals surface area contributed by atoms with Crippen LogP contribution in [0.15, 0.2) is 65.5 Å². The number of rotatable bonds is 14. The molecule has 6 nitrogen and oxygen atoms in total. The predicted octanol–water partition coefficient (Wildman–Crippen LogP) is 8.00. The Morgan fingerprint density at radius 3 is 2.46 bits per heavy atom. The van der Waals surface area contributed by atoms with E-state index in [1.807, 2.05) is 37.3 Å². The summed E-state index contributed by atoms with van der Waals surface area (Å²) in [6.07, 6.45) is 3.33. The van der Waals surface area contributed by atoms with Crippen LogP contribution in [-0.4, -0.2) is 20.8 Å². The van der Waals surface area contributed by atoms with E-state index in [0.717, 1.165) is 23.2 Å². The Bertz CT molecular complexity index is 1050. The first kappa shape index (κ1) is 30.5. The molecule has 0 saturated carbocycles. The molecule has 0 fully saturated rings. The number of esters is 1. The van der Waals surface area contributed by atoms with Gasteiger partial charge in [0.2, 0.25) is 0 Å². The Labute approximate surface area is 224 Å². The molecular weight excluding hydrogens is 478 g/mol. The Balaban J connectivity index is 2.22. The zero-order valence-electron chi connectivity index (χ0n) is 23.7. The van der Waals surface area contributed by atoms with Crippen molar-refractivity contribution in [2.45, 2.75) is 91.1 Å². The number of hydrogen-bond acceptors (Lipinski definition) is 6. The molecule has 0 aliphatic rings. The van der Waals surface area contributed by atoms with Gasteiger partial charge in [0.15, 0.2) is 8.32 Å². The van der Waals surface area contributed by atoms with E-state index in [9.17, 15) is 4.79 Å². The molecule has 0 aromatic heterocycles. The zero-order valence-corrected chi connectivity index (χ0v) is 24.7. The molecule has 37 heavy (non-hydrogen) atoms. The lowest BCUT2D eigenvalue weighted by molar-refractivity contribution is -0.145. The van der Waals surface area contributed by atoms with Gasteiger partial charge in [0.05, 0.1) is 18.7 Å². The van der Waals surface area contributed by atoms with Crippen LogP contribution in [0, 0.1) is 12.5 Å². The van der Waals surface area contributed by atoms with Gasteiger partial charge in [-0.2, -0.15) is 5.11 Å². The van der Waals surface area contributed by atoms with Gasteiger partial charge < -0.3 is 14.5 Å². The van der Waals surface area contributed by atoms with E-state index in [-0.39, 0.29) is 30.0 Å². The zero-order chi connectivity index (χ0) is 27.5. The first-order chi connectivity index (χ1) is 17.5. The number of nitrogens with zero attached hydrogens (tertiary/aromatic N) is 1. The summed E-state index contributed by atoms with van der Waals surface area (Å²) in [5.41, 5.74) is 12.6. The molecule has 1 unspecified atom stereocenters. The highest BCUT2D eigenvalue weighted by Crippen LogP contribution is 2.37. The van der Waals surface area contributed by atoms with Crippen LogP contribution < -0.4 is 5.32 Å². The Morgan fingerprint density at radius 2 is 1.84 bits per heavy atom. The van der Waals surface area contributed by atoms with Crippen molar-refractivity contribution in [1.29, 1.82) is 5.53 Å². The molecule has 0 radical (unpaired) electrons. The Kier molecular flexibility index (Phi) is 11.7. The van der Waals surface area contributed by atoms with E-state index >= 15 is 0 Å². The predicted molar refractivity (Wildman–Crippen MR) is 153 cm³/mol. The van der Waals surface area contributed by atoms with Crippen molar-refractivity contribution in [3.05, 3.63) is 82.7 Å². The average molecular weight is 524 g/mol. The first-order valence-electron chi connectivity index (χ1n) is 13.2. The van der Waals surface area contributed by atoms with Crippen molar-refractivity contribution < 1.29 is 14.0 Å². The van der Waals surface area contributed by atoms with E-state index < -0.39 is 8.32 Å². The third-order valence-corrected chi connectivity index (χ3v) is 11.7. The van der Waals surface area contributed by atoms with Gasteiger partial charge in [0, 0.05) is 12.7 Å². The van der Waals surface area contributed by atoms with E-state index in [2.05, 4.69) is 69.4 Å². The highest BCUT2D eigenvalue weighted by molar-refractivity contribution is 6.74. The Hall–Kier alpha value is -2.77. The van der Waals surface area contributed by atoms with Crippen LogP contribution in [0.2, 0.25) is 18.1 Å². The van der Waals surface area contributed by atoms with Crippen molar-refractivity contribution in [2.75, 3.05) is 6.54 Å². The molecule has 2 N–H and O–H groups in total. The molecule has 0 bridgehead atoms. The topological polar surface area (TPSA) is 83.8 Å². The number of allylic oxidation sites excluding steroid dienone is 1. The monoisotopic (exact) mass is 523 g/mol. The standard InChI is InChI=1S/C30H45N3O3Si/c1-8-32-20-28(33-31)17-16-26(19-29(34)35-21-24-12-10-9-11-13-24)25-15-14-23(2)27(18-25)22-36-37(6,7)30(3,4)5/h9-15,18,20,26,31-32H,8,16-17,19,21-22H2,1-7H3/b28-20-,33-31?. The average Bonchev–Trinajstić information content (AvgIpc) is 2.86. The second kappa shape index (κ2) is 14.2. The van der Waals surface area contributed by atoms with Gasteiger partial charge in [-0.15, -0.1) is 0 Å². The van der Waals surface area contributed by atoms with Gasteiger partial charge in [-0.05, 0) is 73.0 Å². The minimum Gasteiger partial charge on any atom is -0.461 e. The van der Waals surface area contributed by atoms with Gasteiger partial charge in [-0.25, -0.2) is 5.53 Å². The molecule has 2 aromatic carbocycles. The molecule has 0 heterocycles. The van der Waals surface area contributed by atoms with E-state index in [1.54, 1.807) is 6.20 Å². The van der Waals surface area contributed by atoms with Crippen LogP contribution in [0.5, 0.6) is 0 Å². The minimum absolute atomic E-state index is 0.0535. The second-order valence-corrected chi connectivity index (χ2v) is 15.9. The van der Waals surface area contributed by atoms with Crippen LogP contribution >= 0.6 is 0 Å². The molecule has 2 aromatic rings. The maximum absolute atomic E-state index is 12.9. The molecule has 0 saturated heterocycles. The lowest BCUT2D eigenvalue weighted by Crippen LogP contribution is -2.40. The fourth-order valence-corrected chi connectivity index (χ4v) is 4.61. The van der Waals surface area contributed by atoms with Gasteiger partial charge in [-0.1, -0.05) is 69.3 Å². The number of hydrogen-bond donors (Lipinski definition) is 2. The van der Waals surface area contributed by atoms with Gasteiger partial charge in [0.25, 0.3) is 0 Å². The van der Waals surface area contributed by atoms with Crippen molar-refractivity contribution >= 4 is 14.3 Å². The summed E-state index contributed by atoms with van der Waals surface area (Å²) >= 11 is 0. The Morgan fingerprint density at radius 1 is 1.14 bits per heavy atom. The molecule has 0 aliphatic carbocycles. The van der Waals surface area contributed by atoms with Gasteiger partial charge >= 0.3 is 5.97 Å². The maximum atomic E-state index is 12.9. The maximum Gasteiger partial charge on any atom is 0.306 e. The van der Waals surface area contributed by atoms with E-state index in [0.29, 0.717) is 25.1 Å². The number of benzene rings is 2. The second-order valence-electron chi connectivity index (χ2n) is 11.1. The number of carbonyl (C=O) groups excluding carboxylic acids is 1. The summed E-state index contributed by atoms with van der Waals surface area (Å²) in [6, 6.07) is 16.1. The largest absolute Gasteiger partial charge is 0.461 e. The molecule has 7 heteroatoms. The van der Waals surface area contributed by atoms with E-state index in [1.165, 1.54) is 5.56 Å². The summed E-state index contributed by atoms with van der Waals surface area (Å²) in [5, 5.41) is 6.93. The summed E-state index contributed by atoms with van der Waals surface area (Å²) < 4.78 is 12.1. The first-order valence-corrected chi connectivity index (χ1v) is 16.1. The van der Waals surface area contributed by atoms with Gasteiger partial charge in [-0.3, -0.25) is 4.79 Å². The van der Waals surface area contributed by atoms with Crippen molar-refractivity contribution in [3.8, 4) is 0 Å². The summed E-state index contributed by atoms with van der Waals surface area (Å²) in [4.78, 5) is 12.9. The fourth-order valence-electron chi connectivity index (χ4n) is 3.66. The lowest BCUT2D eigenvalue weighted by atomic mass is 9.88. The van der Waals surface area contributed by atoms with Crippen molar-refractivity contribution in [1.82, 2.24) is 5.32 Å². The minimum atomic E-state index is -1.89. The number of carbonyl (C=O) groups is 1. The lowest BCUT2D eigenvalue weighted by Gasteiger charge is -2.36. The van der Waals surface area contributed by atoms with Crippen LogP contribution in [0.25, 0.3) is 0 Å². The van der Waals surface area contributed by atoms with Crippen LogP contribution in [0.3, 0.4) is 0 Å². The fraction of sp³-hybridized carbons (Fsp3) is 0.500. The molecule has 202 valence electrons. The molecule has 0 spiro atoms. The SMILES string of the molecule is CCN/C=C(/CCC(CC(=O)OCc1ccccc1)c1ccc(C)c(CO[Si](C)(C)C(C)(C)C)c1)N=N. The molecule has 0 amide bonds. The van der Waals surface area contributed by atoms with Crippen LogP contribution in [-0.2, 0) is 27.2 Å². The molecule has 2 rings (SSSR count). The number of nitrogens with one attached hydrogen (secondary N) is 2. The smallest absolute Gasteiger partial charge is 0.306 e. The highest BCUT2D eigenvalue weighted by Gasteiger charge is 2.37. The molecule has 1 atom stereocenters. The van der Waals surface area contributed by atoms with E-state index in [4.69, 9.17) is 14.7 Å². The number of aryl methyl sites for hydroxylation is 1. The summed E-state index contributed by atoms with van der Waals surface area (Å²) in [5.74, 6) is -0.282.